The number of carbonyl (C=O) groups excluding carboxylic acids is 2. The number of hydrogen-bond acceptors (Lipinski definition) is 4. The average molecular weight is 384 g/mol. The van der Waals surface area contributed by atoms with Gasteiger partial charge in [0.25, 0.3) is 5.91 Å². The number of ether oxygens (including phenoxy) is 1. The summed E-state index contributed by atoms with van der Waals surface area (Å²) in [4.78, 5) is 25.2. The highest BCUT2D eigenvalue weighted by atomic mass is 35.5. The van der Waals surface area contributed by atoms with E-state index in [2.05, 4.69) is 5.32 Å². The van der Waals surface area contributed by atoms with Gasteiger partial charge in [-0.2, -0.15) is 0 Å². The largest absolute Gasteiger partial charge is 0.449 e. The predicted octanol–water partition coefficient (Wildman–Crippen LogP) is 4.90. The summed E-state index contributed by atoms with van der Waals surface area (Å²) in [5.74, 6) is -1.04. The quantitative estimate of drug-likeness (QED) is 0.589. The fraction of sp³-hybridized carbons (Fsp3) is 0.176. The molecule has 0 fully saturated rings. The molecule has 126 valence electrons. The number of thioether (sulfide) groups is 1. The van der Waals surface area contributed by atoms with E-state index >= 15 is 0 Å². The first kappa shape index (κ1) is 18.6. The molecule has 0 saturated heterocycles. The molecule has 0 radical (unpaired) electrons. The molecule has 0 aliphatic heterocycles. The molecule has 0 saturated carbocycles. The van der Waals surface area contributed by atoms with Crippen LogP contribution in [0.4, 0.5) is 5.69 Å². The fourth-order valence-corrected chi connectivity index (χ4v) is 2.70. The molecule has 2 rings (SSSR count). The van der Waals surface area contributed by atoms with Gasteiger partial charge < -0.3 is 10.1 Å². The van der Waals surface area contributed by atoms with Gasteiger partial charge in [0.15, 0.2) is 6.10 Å². The van der Waals surface area contributed by atoms with E-state index in [9.17, 15) is 9.59 Å². The molecule has 0 aliphatic carbocycles. The molecule has 1 atom stereocenters. The van der Waals surface area contributed by atoms with E-state index in [-0.39, 0.29) is 0 Å². The number of amides is 1. The molecule has 0 aliphatic rings. The second-order valence-electron chi connectivity index (χ2n) is 4.89. The number of anilines is 1. The second kappa shape index (κ2) is 8.42. The van der Waals surface area contributed by atoms with Gasteiger partial charge in [0.1, 0.15) is 0 Å². The van der Waals surface area contributed by atoms with Gasteiger partial charge in [-0.25, -0.2) is 4.79 Å². The molecule has 0 bridgehead atoms. The van der Waals surface area contributed by atoms with Crippen molar-refractivity contribution in [2.45, 2.75) is 17.9 Å². The number of hydrogen-bond donors (Lipinski definition) is 1. The Morgan fingerprint density at radius 2 is 1.79 bits per heavy atom. The Hall–Kier alpha value is -1.69. The van der Waals surface area contributed by atoms with Crippen molar-refractivity contribution in [1.29, 1.82) is 0 Å². The lowest BCUT2D eigenvalue weighted by atomic mass is 10.2. The van der Waals surface area contributed by atoms with E-state index in [0.29, 0.717) is 21.3 Å². The first-order valence-corrected chi connectivity index (χ1v) is 8.99. The topological polar surface area (TPSA) is 55.4 Å². The maximum Gasteiger partial charge on any atom is 0.338 e. The third-order valence-corrected chi connectivity index (χ3v) is 4.46. The van der Waals surface area contributed by atoms with Crippen molar-refractivity contribution in [1.82, 2.24) is 0 Å². The van der Waals surface area contributed by atoms with Crippen LogP contribution in [0.3, 0.4) is 0 Å². The molecule has 24 heavy (non-hydrogen) atoms. The summed E-state index contributed by atoms with van der Waals surface area (Å²) in [7, 11) is 0. The smallest absolute Gasteiger partial charge is 0.338 e. The molecule has 0 spiro atoms. The van der Waals surface area contributed by atoms with Crippen molar-refractivity contribution < 1.29 is 14.3 Å². The average Bonchev–Trinajstić information content (AvgIpc) is 2.57. The Bertz CT molecular complexity index is 750. The summed E-state index contributed by atoms with van der Waals surface area (Å²) in [5, 5.41) is 3.37. The van der Waals surface area contributed by atoms with Crippen LogP contribution in [0.1, 0.15) is 17.3 Å². The van der Waals surface area contributed by atoms with Crippen LogP contribution in [0.15, 0.2) is 47.4 Å². The number of halogens is 2. The van der Waals surface area contributed by atoms with Gasteiger partial charge in [-0.15, -0.1) is 11.8 Å². The summed E-state index contributed by atoms with van der Waals surface area (Å²) < 4.78 is 5.18. The van der Waals surface area contributed by atoms with Crippen LogP contribution >= 0.6 is 35.0 Å². The summed E-state index contributed by atoms with van der Waals surface area (Å²) in [6.45, 7) is 1.49. The normalized spacial score (nSPS) is 11.7. The third kappa shape index (κ3) is 4.90. The monoisotopic (exact) mass is 383 g/mol. The van der Waals surface area contributed by atoms with E-state index in [0.717, 1.165) is 4.90 Å². The summed E-state index contributed by atoms with van der Waals surface area (Å²) in [5.41, 5.74) is 0.787. The molecule has 0 unspecified atom stereocenters. The van der Waals surface area contributed by atoms with Crippen LogP contribution in [0.5, 0.6) is 0 Å². The van der Waals surface area contributed by atoms with Crippen molar-refractivity contribution in [3.8, 4) is 0 Å². The molecule has 1 N–H and O–H groups in total. The molecular weight excluding hydrogens is 369 g/mol. The van der Waals surface area contributed by atoms with Gasteiger partial charge in [-0.05, 0) is 55.6 Å². The molecule has 0 aromatic heterocycles. The van der Waals surface area contributed by atoms with Gasteiger partial charge in [0, 0.05) is 9.92 Å². The highest BCUT2D eigenvalue weighted by molar-refractivity contribution is 7.98. The lowest BCUT2D eigenvalue weighted by Gasteiger charge is -2.14. The van der Waals surface area contributed by atoms with Crippen LogP contribution in [0, 0.1) is 0 Å². The van der Waals surface area contributed by atoms with Gasteiger partial charge in [0.2, 0.25) is 0 Å². The summed E-state index contributed by atoms with van der Waals surface area (Å²) in [6.07, 6.45) is 0.978. The van der Waals surface area contributed by atoms with Gasteiger partial charge >= 0.3 is 5.97 Å². The highest BCUT2D eigenvalue weighted by Crippen LogP contribution is 2.25. The Kier molecular flexibility index (Phi) is 6.54. The van der Waals surface area contributed by atoms with E-state index in [4.69, 9.17) is 27.9 Å². The number of carbonyl (C=O) groups is 2. The van der Waals surface area contributed by atoms with Crippen LogP contribution in [-0.2, 0) is 9.53 Å². The van der Waals surface area contributed by atoms with Crippen molar-refractivity contribution in [2.75, 3.05) is 11.6 Å². The van der Waals surface area contributed by atoms with E-state index in [1.807, 2.05) is 18.4 Å². The number of benzene rings is 2. The van der Waals surface area contributed by atoms with Crippen LogP contribution < -0.4 is 5.32 Å². The zero-order valence-corrected chi connectivity index (χ0v) is 15.3. The molecule has 7 heteroatoms. The molecule has 2 aromatic carbocycles. The zero-order valence-electron chi connectivity index (χ0n) is 13.0. The van der Waals surface area contributed by atoms with E-state index < -0.39 is 18.0 Å². The summed E-state index contributed by atoms with van der Waals surface area (Å²) in [6, 6.07) is 11.7. The van der Waals surface area contributed by atoms with Crippen LogP contribution in [-0.4, -0.2) is 24.2 Å². The molecule has 1 amide bonds. The first-order chi connectivity index (χ1) is 11.4. The first-order valence-electron chi connectivity index (χ1n) is 7.01. The highest BCUT2D eigenvalue weighted by Gasteiger charge is 2.19. The minimum Gasteiger partial charge on any atom is -0.449 e. The third-order valence-electron chi connectivity index (χ3n) is 3.17. The predicted molar refractivity (Wildman–Crippen MR) is 98.2 cm³/mol. The van der Waals surface area contributed by atoms with Gasteiger partial charge in [-0.3, -0.25) is 4.79 Å². The SMILES string of the molecule is CSc1ccc(C(=O)O[C@@H](C)C(=O)Nc2ccc(Cl)cc2Cl)cc1. The second-order valence-corrected chi connectivity index (χ2v) is 6.61. The standard InChI is InChI=1S/C17H15Cl2NO3S/c1-10(16(21)20-15-8-5-12(18)9-14(15)19)23-17(22)11-3-6-13(24-2)7-4-11/h3-10H,1-2H3,(H,20,21)/t10-/m0/s1. The Morgan fingerprint density at radius 1 is 1.12 bits per heavy atom. The number of esters is 1. The van der Waals surface area contributed by atoms with Crippen LogP contribution in [0.2, 0.25) is 10.0 Å². The van der Waals surface area contributed by atoms with E-state index in [1.54, 1.807) is 36.0 Å². The zero-order chi connectivity index (χ0) is 17.7. The van der Waals surface area contributed by atoms with Gasteiger partial charge in [0.05, 0.1) is 16.3 Å². The number of rotatable bonds is 5. The maximum atomic E-state index is 12.1. The van der Waals surface area contributed by atoms with Crippen molar-refractivity contribution in [3.63, 3.8) is 0 Å². The summed E-state index contributed by atoms with van der Waals surface area (Å²) >= 11 is 13.4. The lowest BCUT2D eigenvalue weighted by molar-refractivity contribution is -0.123. The molecule has 0 heterocycles. The number of nitrogens with one attached hydrogen (secondary N) is 1. The minimum atomic E-state index is -0.968. The van der Waals surface area contributed by atoms with Crippen molar-refractivity contribution in [3.05, 3.63) is 58.1 Å². The molecule has 2 aromatic rings. The maximum absolute atomic E-state index is 12.1. The Morgan fingerprint density at radius 3 is 2.38 bits per heavy atom. The van der Waals surface area contributed by atoms with Crippen molar-refractivity contribution >= 4 is 52.5 Å². The molecule has 4 nitrogen and oxygen atoms in total. The van der Waals surface area contributed by atoms with E-state index in [1.165, 1.54) is 13.0 Å². The fourth-order valence-electron chi connectivity index (χ4n) is 1.83. The Balaban J connectivity index is 1.98. The lowest BCUT2D eigenvalue weighted by Crippen LogP contribution is -2.30. The molecular formula is C17H15Cl2NO3S. The minimum absolute atomic E-state index is 0.307. The van der Waals surface area contributed by atoms with Crippen LogP contribution in [0.25, 0.3) is 0 Å². The Labute approximate surface area is 154 Å². The van der Waals surface area contributed by atoms with Gasteiger partial charge in [-0.1, -0.05) is 23.2 Å². The van der Waals surface area contributed by atoms with Crippen molar-refractivity contribution in [2.24, 2.45) is 0 Å².